The molecule has 0 bridgehead atoms. The maximum Gasteiger partial charge on any atom is 0.277 e. The quantitative estimate of drug-likeness (QED) is 0.255. The van der Waals surface area contributed by atoms with Crippen molar-refractivity contribution < 1.29 is 13.9 Å². The van der Waals surface area contributed by atoms with Crippen molar-refractivity contribution in [2.75, 3.05) is 0 Å². The zero-order valence-electron chi connectivity index (χ0n) is 15.5. The Labute approximate surface area is 169 Å². The molecule has 0 N–H and O–H groups in total. The number of nitrogens with zero attached hydrogens (tertiary/aromatic N) is 5. The third kappa shape index (κ3) is 4.16. The van der Waals surface area contributed by atoms with E-state index in [0.717, 1.165) is 11.1 Å². The summed E-state index contributed by atoms with van der Waals surface area (Å²) in [5, 5.41) is 23.2. The highest BCUT2D eigenvalue weighted by Crippen LogP contribution is 2.28. The van der Waals surface area contributed by atoms with Crippen molar-refractivity contribution in [2.24, 2.45) is 0 Å². The lowest BCUT2D eigenvalue weighted by atomic mass is 10.1. The Morgan fingerprint density at radius 3 is 2.62 bits per heavy atom. The van der Waals surface area contributed by atoms with Gasteiger partial charge >= 0.3 is 0 Å². The van der Waals surface area contributed by atoms with Crippen LogP contribution in [0.4, 0.5) is 5.69 Å². The number of nitro benzene ring substituents is 1. The minimum Gasteiger partial charge on any atom is -0.411 e. The number of aromatic nitrogens is 4. The Morgan fingerprint density at radius 1 is 1.10 bits per heavy atom. The first-order valence-electron chi connectivity index (χ1n) is 8.61. The summed E-state index contributed by atoms with van der Waals surface area (Å²) in [7, 11) is 0. The average molecular weight is 409 g/mol. The molecule has 0 spiro atoms. The van der Waals surface area contributed by atoms with E-state index in [9.17, 15) is 10.1 Å². The minimum atomic E-state index is -0.459. The van der Waals surface area contributed by atoms with Gasteiger partial charge in [-0.3, -0.25) is 10.1 Å². The van der Waals surface area contributed by atoms with Crippen LogP contribution in [0.1, 0.15) is 17.0 Å². The molecule has 0 saturated heterocycles. The fraction of sp³-hybridized carbons (Fsp3) is 0.158. The number of hydrogen-bond acceptors (Lipinski definition) is 9. The van der Waals surface area contributed by atoms with Gasteiger partial charge in [-0.05, 0) is 37.6 Å². The van der Waals surface area contributed by atoms with Crippen molar-refractivity contribution in [1.82, 2.24) is 20.3 Å². The lowest BCUT2D eigenvalue weighted by Crippen LogP contribution is -1.88. The van der Waals surface area contributed by atoms with Crippen LogP contribution >= 0.6 is 11.8 Å². The molecule has 2 heterocycles. The van der Waals surface area contributed by atoms with Crippen molar-refractivity contribution in [1.29, 1.82) is 0 Å². The van der Waals surface area contributed by atoms with E-state index in [2.05, 4.69) is 26.4 Å². The number of benzene rings is 2. The topological polar surface area (TPSA) is 121 Å². The summed E-state index contributed by atoms with van der Waals surface area (Å²) in [6, 6.07) is 12.0. The van der Waals surface area contributed by atoms with Crippen molar-refractivity contribution >= 4 is 17.4 Å². The number of rotatable bonds is 6. The summed E-state index contributed by atoms with van der Waals surface area (Å²) in [6.07, 6.45) is 0. The number of nitro groups is 1. The van der Waals surface area contributed by atoms with Gasteiger partial charge in [0.05, 0.1) is 10.7 Å². The number of hydrogen-bond donors (Lipinski definition) is 0. The van der Waals surface area contributed by atoms with Gasteiger partial charge in [-0.25, -0.2) is 0 Å². The smallest absolute Gasteiger partial charge is 0.277 e. The van der Waals surface area contributed by atoms with Gasteiger partial charge in [-0.15, -0.1) is 10.2 Å². The molecule has 0 fully saturated rings. The van der Waals surface area contributed by atoms with Crippen LogP contribution in [0.3, 0.4) is 0 Å². The molecule has 10 heteroatoms. The fourth-order valence-corrected chi connectivity index (χ4v) is 3.32. The van der Waals surface area contributed by atoms with E-state index in [0.29, 0.717) is 34.1 Å². The highest BCUT2D eigenvalue weighted by molar-refractivity contribution is 7.98. The molecule has 0 amide bonds. The van der Waals surface area contributed by atoms with E-state index >= 15 is 0 Å². The van der Waals surface area contributed by atoms with Crippen LogP contribution in [-0.4, -0.2) is 25.3 Å². The predicted octanol–water partition coefficient (Wildman–Crippen LogP) is 4.60. The number of thioether (sulfide) groups is 1. The van der Waals surface area contributed by atoms with Crippen LogP contribution in [0.2, 0.25) is 0 Å². The van der Waals surface area contributed by atoms with E-state index in [4.69, 9.17) is 8.94 Å². The molecular weight excluding hydrogens is 394 g/mol. The summed E-state index contributed by atoms with van der Waals surface area (Å²) < 4.78 is 11.0. The molecule has 2 aromatic carbocycles. The van der Waals surface area contributed by atoms with Crippen molar-refractivity contribution in [3.8, 4) is 22.8 Å². The maximum absolute atomic E-state index is 10.7. The molecule has 2 aromatic heterocycles. The van der Waals surface area contributed by atoms with Gasteiger partial charge in [0.2, 0.25) is 17.6 Å². The second kappa shape index (κ2) is 7.84. The minimum absolute atomic E-state index is 0.00374. The van der Waals surface area contributed by atoms with E-state index in [1.165, 1.54) is 29.5 Å². The zero-order chi connectivity index (χ0) is 20.4. The Kier molecular flexibility index (Phi) is 5.09. The monoisotopic (exact) mass is 409 g/mol. The van der Waals surface area contributed by atoms with Crippen LogP contribution in [0.15, 0.2) is 56.6 Å². The number of aryl methyl sites for hydroxylation is 2. The Hall–Kier alpha value is -3.53. The van der Waals surface area contributed by atoms with Crippen LogP contribution in [-0.2, 0) is 5.75 Å². The second-order valence-corrected chi connectivity index (χ2v) is 7.22. The van der Waals surface area contributed by atoms with E-state index < -0.39 is 4.92 Å². The van der Waals surface area contributed by atoms with Gasteiger partial charge in [0.15, 0.2) is 0 Å². The van der Waals surface area contributed by atoms with Crippen LogP contribution in [0.5, 0.6) is 0 Å². The van der Waals surface area contributed by atoms with Gasteiger partial charge in [0.25, 0.3) is 10.9 Å². The number of non-ortho nitro benzene ring substituents is 1. The highest BCUT2D eigenvalue weighted by Gasteiger charge is 2.15. The summed E-state index contributed by atoms with van der Waals surface area (Å²) in [5.41, 5.74) is 3.76. The molecule has 29 heavy (non-hydrogen) atoms. The first-order chi connectivity index (χ1) is 14.0. The fourth-order valence-electron chi connectivity index (χ4n) is 2.72. The molecule has 4 rings (SSSR count). The second-order valence-electron chi connectivity index (χ2n) is 6.30. The molecule has 0 aliphatic carbocycles. The van der Waals surface area contributed by atoms with Crippen molar-refractivity contribution in [3.05, 3.63) is 69.6 Å². The lowest BCUT2D eigenvalue weighted by Gasteiger charge is -2.01. The zero-order valence-corrected chi connectivity index (χ0v) is 16.3. The molecule has 0 atom stereocenters. The SMILES string of the molecule is Cc1ccc(-c2nnc(SCc3nc(-c4ccc([N+](=O)[O-])cc4)no3)o2)c(C)c1. The average Bonchev–Trinajstić information content (AvgIpc) is 3.36. The molecule has 0 unspecified atom stereocenters. The summed E-state index contributed by atoms with van der Waals surface area (Å²) in [5.74, 6) is 1.56. The largest absolute Gasteiger partial charge is 0.411 e. The normalized spacial score (nSPS) is 11.0. The molecule has 0 saturated carbocycles. The van der Waals surface area contributed by atoms with Gasteiger partial charge in [-0.1, -0.05) is 34.6 Å². The molecule has 146 valence electrons. The summed E-state index contributed by atoms with van der Waals surface area (Å²) in [4.78, 5) is 14.6. The van der Waals surface area contributed by atoms with Gasteiger partial charge < -0.3 is 8.94 Å². The van der Waals surface area contributed by atoms with E-state index in [-0.39, 0.29) is 5.69 Å². The maximum atomic E-state index is 10.7. The first-order valence-corrected chi connectivity index (χ1v) is 9.59. The van der Waals surface area contributed by atoms with Crippen molar-refractivity contribution in [2.45, 2.75) is 24.8 Å². The van der Waals surface area contributed by atoms with Gasteiger partial charge in [-0.2, -0.15) is 4.98 Å². The molecule has 9 nitrogen and oxygen atoms in total. The highest BCUT2D eigenvalue weighted by atomic mass is 32.2. The molecule has 0 aliphatic heterocycles. The molecule has 0 aliphatic rings. The van der Waals surface area contributed by atoms with Gasteiger partial charge in [0.1, 0.15) is 0 Å². The Bertz CT molecular complexity index is 1170. The van der Waals surface area contributed by atoms with Crippen molar-refractivity contribution in [3.63, 3.8) is 0 Å². The van der Waals surface area contributed by atoms with Gasteiger partial charge in [0, 0.05) is 23.3 Å². The third-order valence-corrected chi connectivity index (χ3v) is 4.95. The van der Waals surface area contributed by atoms with Crippen LogP contribution < -0.4 is 0 Å². The van der Waals surface area contributed by atoms with E-state index in [1.54, 1.807) is 12.1 Å². The summed E-state index contributed by atoms with van der Waals surface area (Å²) >= 11 is 1.29. The predicted molar refractivity (Wildman–Crippen MR) is 105 cm³/mol. The Morgan fingerprint density at radius 2 is 1.90 bits per heavy atom. The summed E-state index contributed by atoms with van der Waals surface area (Å²) in [6.45, 7) is 4.03. The Balaban J connectivity index is 1.42. The van der Waals surface area contributed by atoms with E-state index in [1.807, 2.05) is 26.0 Å². The standard InChI is InChI=1S/C19H15N5O4S/c1-11-3-8-15(12(2)9-11)18-21-22-19(27-18)29-10-16-20-17(23-28-16)13-4-6-14(7-5-13)24(25)26/h3-9H,10H2,1-2H3. The lowest BCUT2D eigenvalue weighted by molar-refractivity contribution is -0.384. The molecular formula is C19H15N5O4S. The first kappa shape index (κ1) is 18.8. The third-order valence-electron chi connectivity index (χ3n) is 4.14. The van der Waals surface area contributed by atoms with Crippen LogP contribution in [0.25, 0.3) is 22.8 Å². The molecule has 0 radical (unpaired) electrons. The molecule has 4 aromatic rings. The van der Waals surface area contributed by atoms with Crippen LogP contribution in [0, 0.1) is 24.0 Å².